The van der Waals surface area contributed by atoms with Crippen molar-refractivity contribution in [2.45, 2.75) is 38.0 Å². The molecule has 0 aliphatic rings. The van der Waals surface area contributed by atoms with Crippen LogP contribution in [0.25, 0.3) is 22.3 Å². The lowest BCUT2D eigenvalue weighted by Crippen LogP contribution is -2.15. The Morgan fingerprint density at radius 2 is 1.58 bits per heavy atom. The normalized spacial score (nSPS) is 12.0. The van der Waals surface area contributed by atoms with Crippen molar-refractivity contribution in [3.05, 3.63) is 108 Å². The van der Waals surface area contributed by atoms with Crippen LogP contribution in [0.3, 0.4) is 0 Å². The fourth-order valence-electron chi connectivity index (χ4n) is 4.39. The summed E-state index contributed by atoms with van der Waals surface area (Å²) < 4.78 is 27.7. The highest BCUT2D eigenvalue weighted by atomic mass is 32.2. The van der Waals surface area contributed by atoms with E-state index in [1.54, 1.807) is 36.4 Å². The maximum atomic E-state index is 13.3. The number of hydrogen-bond donors (Lipinski definition) is 1. The Kier molecular flexibility index (Phi) is 6.36. The average molecular weight is 525 g/mol. The molecule has 0 aliphatic carbocycles. The van der Waals surface area contributed by atoms with E-state index < -0.39 is 10.0 Å². The van der Waals surface area contributed by atoms with E-state index in [1.807, 2.05) is 49.4 Å². The topological polar surface area (TPSA) is 93.9 Å². The van der Waals surface area contributed by atoms with Crippen molar-refractivity contribution in [2.75, 3.05) is 5.32 Å². The Morgan fingerprint density at radius 3 is 2.26 bits per heavy atom. The molecule has 5 aromatic rings. The van der Waals surface area contributed by atoms with Gasteiger partial charge in [-0.15, -0.1) is 0 Å². The van der Waals surface area contributed by atoms with E-state index in [0.29, 0.717) is 22.3 Å². The molecule has 7 nitrogen and oxygen atoms in total. The third-order valence-electron chi connectivity index (χ3n) is 6.60. The van der Waals surface area contributed by atoms with E-state index in [9.17, 15) is 13.2 Å². The summed E-state index contributed by atoms with van der Waals surface area (Å²) >= 11 is 0. The number of benzene rings is 3. The molecule has 1 N–H and O–H groups in total. The number of rotatable bonds is 5. The van der Waals surface area contributed by atoms with Crippen LogP contribution in [-0.4, -0.2) is 28.3 Å². The van der Waals surface area contributed by atoms with Crippen LogP contribution in [0.15, 0.2) is 96.3 Å². The summed E-state index contributed by atoms with van der Waals surface area (Å²) in [4.78, 5) is 22.0. The summed E-state index contributed by atoms with van der Waals surface area (Å²) in [6.07, 6.45) is 2.85. The Labute approximate surface area is 222 Å². The van der Waals surface area contributed by atoms with Crippen molar-refractivity contribution in [1.82, 2.24) is 13.9 Å². The Bertz CT molecular complexity index is 1750. The lowest BCUT2D eigenvalue weighted by atomic mass is 9.86. The summed E-state index contributed by atoms with van der Waals surface area (Å²) in [7, 11) is -3.83. The van der Waals surface area contributed by atoms with Crippen molar-refractivity contribution in [1.29, 1.82) is 0 Å². The molecule has 1 amide bonds. The number of amides is 1. The molecule has 38 heavy (non-hydrogen) atoms. The van der Waals surface area contributed by atoms with Crippen LogP contribution >= 0.6 is 0 Å². The van der Waals surface area contributed by atoms with Gasteiger partial charge in [0.05, 0.1) is 10.6 Å². The second-order valence-corrected chi connectivity index (χ2v) is 12.0. The van der Waals surface area contributed by atoms with Crippen molar-refractivity contribution in [3.8, 4) is 11.3 Å². The molecule has 5 rings (SSSR count). The standard InChI is InChI=1S/C30H28N4O3S/c1-20-24(11-8-12-26(20)33-29(35)21-13-15-22(16-14-21)30(2,3)4)27-25-17-18-34(28(25)32-19-31-27)38(36,37)23-9-6-5-7-10-23/h5-19H,1-4H3,(H,33,35). The van der Waals surface area contributed by atoms with Crippen LogP contribution in [0.2, 0.25) is 0 Å². The minimum absolute atomic E-state index is 0.00216. The molecule has 2 heterocycles. The minimum Gasteiger partial charge on any atom is -0.322 e. The predicted octanol–water partition coefficient (Wildman–Crippen LogP) is 6.19. The highest BCUT2D eigenvalue weighted by Gasteiger charge is 2.22. The quantitative estimate of drug-likeness (QED) is 0.296. The van der Waals surface area contributed by atoms with E-state index in [-0.39, 0.29) is 21.9 Å². The number of anilines is 1. The molecule has 0 aliphatic heterocycles. The van der Waals surface area contributed by atoms with Crippen LogP contribution in [0.5, 0.6) is 0 Å². The molecule has 0 saturated heterocycles. The van der Waals surface area contributed by atoms with Gasteiger partial charge >= 0.3 is 0 Å². The summed E-state index contributed by atoms with van der Waals surface area (Å²) in [5.74, 6) is -0.210. The number of nitrogens with one attached hydrogen (secondary N) is 1. The van der Waals surface area contributed by atoms with Crippen molar-refractivity contribution >= 4 is 32.7 Å². The molecule has 0 bridgehead atoms. The summed E-state index contributed by atoms with van der Waals surface area (Å²) in [6.45, 7) is 8.30. The molecule has 192 valence electrons. The predicted molar refractivity (Wildman–Crippen MR) is 150 cm³/mol. The molecule has 0 fully saturated rings. The molecular weight excluding hydrogens is 496 g/mol. The van der Waals surface area contributed by atoms with E-state index in [1.165, 1.54) is 16.5 Å². The van der Waals surface area contributed by atoms with Crippen molar-refractivity contribution in [2.24, 2.45) is 0 Å². The lowest BCUT2D eigenvalue weighted by molar-refractivity contribution is 0.102. The molecule has 0 spiro atoms. The molecule has 0 radical (unpaired) electrons. The van der Waals surface area contributed by atoms with Crippen LogP contribution < -0.4 is 5.32 Å². The molecule has 0 atom stereocenters. The number of aromatic nitrogens is 3. The van der Waals surface area contributed by atoms with Gasteiger partial charge in [0.15, 0.2) is 5.65 Å². The van der Waals surface area contributed by atoms with Crippen LogP contribution in [0.4, 0.5) is 5.69 Å². The minimum atomic E-state index is -3.83. The van der Waals surface area contributed by atoms with E-state index in [4.69, 9.17) is 0 Å². The number of hydrogen-bond acceptors (Lipinski definition) is 5. The smallest absolute Gasteiger partial charge is 0.269 e. The third kappa shape index (κ3) is 4.59. The van der Waals surface area contributed by atoms with Gasteiger partial charge in [-0.3, -0.25) is 4.79 Å². The Balaban J connectivity index is 1.50. The van der Waals surface area contributed by atoms with Crippen LogP contribution in [0.1, 0.15) is 42.3 Å². The van der Waals surface area contributed by atoms with Gasteiger partial charge in [0.1, 0.15) is 6.33 Å². The zero-order chi connectivity index (χ0) is 27.1. The average Bonchev–Trinajstić information content (AvgIpc) is 3.35. The third-order valence-corrected chi connectivity index (χ3v) is 8.28. The van der Waals surface area contributed by atoms with Gasteiger partial charge in [0.2, 0.25) is 0 Å². The largest absolute Gasteiger partial charge is 0.322 e. The van der Waals surface area contributed by atoms with Crippen molar-refractivity contribution < 1.29 is 13.2 Å². The first-order chi connectivity index (χ1) is 18.1. The molecular formula is C30H28N4O3S. The van der Waals surface area contributed by atoms with Gasteiger partial charge in [-0.1, -0.05) is 63.2 Å². The fraction of sp³-hybridized carbons (Fsp3) is 0.167. The first kappa shape index (κ1) is 25.4. The first-order valence-electron chi connectivity index (χ1n) is 12.2. The second-order valence-electron chi connectivity index (χ2n) is 10.1. The fourth-order valence-corrected chi connectivity index (χ4v) is 5.71. The summed E-state index contributed by atoms with van der Waals surface area (Å²) in [5, 5.41) is 3.60. The van der Waals surface area contributed by atoms with E-state index >= 15 is 0 Å². The first-order valence-corrected chi connectivity index (χ1v) is 13.7. The molecule has 2 aromatic heterocycles. The van der Waals surface area contributed by atoms with Crippen LogP contribution in [-0.2, 0) is 15.4 Å². The van der Waals surface area contributed by atoms with Crippen molar-refractivity contribution in [3.63, 3.8) is 0 Å². The highest BCUT2D eigenvalue weighted by Crippen LogP contribution is 2.33. The number of carbonyl (C=O) groups is 1. The van der Waals surface area contributed by atoms with Gasteiger partial charge < -0.3 is 5.32 Å². The van der Waals surface area contributed by atoms with Gasteiger partial charge in [-0.05, 0) is 59.9 Å². The highest BCUT2D eigenvalue weighted by molar-refractivity contribution is 7.90. The molecule has 3 aromatic carbocycles. The zero-order valence-electron chi connectivity index (χ0n) is 21.6. The van der Waals surface area contributed by atoms with E-state index in [2.05, 4.69) is 36.1 Å². The number of nitrogens with zero attached hydrogens (tertiary/aromatic N) is 3. The maximum absolute atomic E-state index is 13.3. The van der Waals surface area contributed by atoms with E-state index in [0.717, 1.165) is 16.7 Å². The Hall–Kier alpha value is -4.30. The molecule has 0 saturated carbocycles. The second kappa shape index (κ2) is 9.54. The van der Waals surface area contributed by atoms with Gasteiger partial charge in [-0.25, -0.2) is 22.4 Å². The van der Waals surface area contributed by atoms with Gasteiger partial charge in [0, 0.05) is 28.4 Å². The van der Waals surface area contributed by atoms with Gasteiger partial charge in [0.25, 0.3) is 15.9 Å². The maximum Gasteiger partial charge on any atom is 0.269 e. The molecule has 0 unspecified atom stereocenters. The zero-order valence-corrected chi connectivity index (χ0v) is 22.5. The monoisotopic (exact) mass is 524 g/mol. The van der Waals surface area contributed by atoms with Crippen LogP contribution in [0, 0.1) is 6.92 Å². The van der Waals surface area contributed by atoms with Gasteiger partial charge in [-0.2, -0.15) is 0 Å². The number of fused-ring (bicyclic) bond motifs is 1. The summed E-state index contributed by atoms with van der Waals surface area (Å²) in [6, 6.07) is 23.1. The SMILES string of the molecule is Cc1c(NC(=O)c2ccc(C(C)(C)C)cc2)cccc1-c1ncnc2c1ccn2S(=O)(=O)c1ccccc1. The Morgan fingerprint density at radius 1 is 0.868 bits per heavy atom. The molecule has 8 heteroatoms. The lowest BCUT2D eigenvalue weighted by Gasteiger charge is -2.19. The summed E-state index contributed by atoms with van der Waals surface area (Å²) in [5.41, 5.74) is 4.82. The number of carbonyl (C=O) groups excluding carboxylic acids is 1.